The molecule has 0 aliphatic heterocycles. The molecule has 0 bridgehead atoms. The van der Waals surface area contributed by atoms with Gasteiger partial charge in [-0.05, 0) is 0 Å². The van der Waals surface area contributed by atoms with Gasteiger partial charge in [-0.15, -0.1) is 0 Å². The Morgan fingerprint density at radius 3 is 1.00 bits per heavy atom. The van der Waals surface area contributed by atoms with Gasteiger partial charge in [0.1, 0.15) is 0 Å². The van der Waals surface area contributed by atoms with Crippen LogP contribution in [-0.4, -0.2) is 142 Å². The fourth-order valence-corrected chi connectivity index (χ4v) is 0. The summed E-state index contributed by atoms with van der Waals surface area (Å²) in [6.07, 6.45) is 0. The van der Waals surface area contributed by atoms with Crippen molar-refractivity contribution in [2.45, 2.75) is 0 Å². The molecule has 0 aliphatic rings. The van der Waals surface area contributed by atoms with E-state index < -0.39 is 0 Å². The first kappa shape index (κ1) is 32.0. The summed E-state index contributed by atoms with van der Waals surface area (Å²) < 4.78 is 0. The van der Waals surface area contributed by atoms with Crippen LogP contribution in [0.15, 0.2) is 0 Å². The van der Waals surface area contributed by atoms with Gasteiger partial charge in [0.15, 0.2) is 0 Å². The second kappa shape index (κ2) is 22.9. The van der Waals surface area contributed by atoms with E-state index in [9.17, 15) is 0 Å². The molecule has 0 fully saturated rings. The average Bonchev–Trinajstić information content (AvgIpc) is 0. The predicted octanol–water partition coefficient (Wildman–Crippen LogP) is -3.13. The minimum absolute atomic E-state index is 0. The summed E-state index contributed by atoms with van der Waals surface area (Å²) in [7, 11) is 0. The van der Waals surface area contributed by atoms with Gasteiger partial charge in [0.05, 0.1) is 0 Å². The van der Waals surface area contributed by atoms with Gasteiger partial charge in [-0.1, -0.05) is 0 Å². The molecule has 0 atom stereocenters. The minimum atomic E-state index is 0. The Labute approximate surface area is 154 Å². The molecular formula is H6CaCuKMgNa. The number of hydrogen-bond donors (Lipinski definition) is 0. The molecule has 0 unspecified atom stereocenters. The molecule has 0 heterocycles. The maximum absolute atomic E-state index is 0. The molecule has 0 aromatic rings. The van der Waals surface area contributed by atoms with Crippen molar-refractivity contribution in [1.29, 1.82) is 0 Å². The van der Waals surface area contributed by atoms with Crippen molar-refractivity contribution < 1.29 is 17.1 Å². The summed E-state index contributed by atoms with van der Waals surface area (Å²) in [5.74, 6) is 0. The first-order chi connectivity index (χ1) is 0. The topological polar surface area (TPSA) is 0 Å². The van der Waals surface area contributed by atoms with E-state index in [1.165, 1.54) is 0 Å². The van der Waals surface area contributed by atoms with Gasteiger partial charge in [0.2, 0.25) is 0 Å². The van der Waals surface area contributed by atoms with Crippen LogP contribution in [0.2, 0.25) is 0 Å². The average molecular weight is 196 g/mol. The molecule has 0 N–H and O–H groups in total. The fraction of sp³-hybridized carbons (Fsp3) is 0. The maximum atomic E-state index is 0. The Morgan fingerprint density at radius 1 is 1.00 bits per heavy atom. The SMILES string of the molecule is [CaH2].[Cu].[KH].[MgH2].[NaH]. The van der Waals surface area contributed by atoms with Crippen molar-refractivity contribution in [2.75, 3.05) is 0 Å². The normalized spacial score (nSPS) is 0. The number of rotatable bonds is 0. The van der Waals surface area contributed by atoms with Crippen LogP contribution in [0.25, 0.3) is 0 Å². The van der Waals surface area contributed by atoms with Crippen molar-refractivity contribution in [3.05, 3.63) is 0 Å². The fourth-order valence-electron chi connectivity index (χ4n) is 0. The Balaban J connectivity index is 0. The molecule has 0 aliphatic carbocycles. The quantitative estimate of drug-likeness (QED) is 0.359. The van der Waals surface area contributed by atoms with E-state index in [2.05, 4.69) is 0 Å². The molecular weight excluding hydrogens is 190 g/mol. The zero-order chi connectivity index (χ0) is 0. The molecule has 5 heteroatoms. The van der Waals surface area contributed by atoms with Crippen molar-refractivity contribution >= 4 is 142 Å². The molecule has 0 aromatic heterocycles. The molecule has 23 valence electrons. The van der Waals surface area contributed by atoms with Crippen molar-refractivity contribution in [3.8, 4) is 0 Å². The van der Waals surface area contributed by atoms with Crippen LogP contribution in [0.5, 0.6) is 0 Å². The van der Waals surface area contributed by atoms with Crippen LogP contribution in [0, 0.1) is 0 Å². The monoisotopic (exact) mass is 195 g/mol. The second-order valence-electron chi connectivity index (χ2n) is 0. The Bertz CT molecular complexity index is 11.6. The van der Waals surface area contributed by atoms with Crippen LogP contribution < -0.4 is 0 Å². The predicted molar refractivity (Wildman–Crippen MR) is 31.4 cm³/mol. The van der Waals surface area contributed by atoms with Crippen molar-refractivity contribution in [2.24, 2.45) is 0 Å². The third-order valence-corrected chi connectivity index (χ3v) is 0. The summed E-state index contributed by atoms with van der Waals surface area (Å²) >= 11 is 0. The van der Waals surface area contributed by atoms with E-state index in [1.807, 2.05) is 0 Å². The molecule has 5 heavy (non-hydrogen) atoms. The second-order valence-corrected chi connectivity index (χ2v) is 0. The molecule has 0 aromatic carbocycles. The molecule has 1 radical (unpaired) electrons. The summed E-state index contributed by atoms with van der Waals surface area (Å²) in [4.78, 5) is 0. The molecule has 0 spiro atoms. The third-order valence-electron chi connectivity index (χ3n) is 0. The molecule has 0 nitrogen and oxygen atoms in total. The zero-order valence-corrected chi connectivity index (χ0v) is 1.24. The molecule has 0 amide bonds. The van der Waals surface area contributed by atoms with E-state index in [0.29, 0.717) is 0 Å². The first-order valence-electron chi connectivity index (χ1n) is 0. The molecule has 0 rings (SSSR count). The number of hydrogen-bond acceptors (Lipinski definition) is 0. The summed E-state index contributed by atoms with van der Waals surface area (Å²) in [5.41, 5.74) is 0. The van der Waals surface area contributed by atoms with E-state index >= 15 is 0 Å². The van der Waals surface area contributed by atoms with E-state index in [1.54, 1.807) is 0 Å². The van der Waals surface area contributed by atoms with E-state index in [0.717, 1.165) is 0 Å². The summed E-state index contributed by atoms with van der Waals surface area (Å²) in [6, 6.07) is 0. The van der Waals surface area contributed by atoms with Gasteiger partial charge in [0, 0.05) is 17.1 Å². The van der Waals surface area contributed by atoms with Crippen molar-refractivity contribution in [3.63, 3.8) is 0 Å². The molecule has 0 saturated heterocycles. The van der Waals surface area contributed by atoms with E-state index in [4.69, 9.17) is 0 Å². The Kier molecular flexibility index (Phi) is 146. The third kappa shape index (κ3) is 17.6. The summed E-state index contributed by atoms with van der Waals surface area (Å²) in [6.45, 7) is 0. The van der Waals surface area contributed by atoms with Crippen LogP contribution >= 0.6 is 0 Å². The van der Waals surface area contributed by atoms with Crippen LogP contribution in [0.4, 0.5) is 0 Å². The van der Waals surface area contributed by atoms with Crippen LogP contribution in [-0.2, 0) is 17.1 Å². The van der Waals surface area contributed by atoms with Crippen LogP contribution in [0.1, 0.15) is 0 Å². The van der Waals surface area contributed by atoms with Crippen LogP contribution in [0.3, 0.4) is 0 Å². The first-order valence-corrected chi connectivity index (χ1v) is 0. The van der Waals surface area contributed by atoms with Gasteiger partial charge in [-0.2, -0.15) is 0 Å². The van der Waals surface area contributed by atoms with Gasteiger partial charge >= 0.3 is 142 Å². The van der Waals surface area contributed by atoms with Gasteiger partial charge in [0.25, 0.3) is 0 Å². The summed E-state index contributed by atoms with van der Waals surface area (Å²) in [5, 5.41) is 0. The van der Waals surface area contributed by atoms with Gasteiger partial charge < -0.3 is 0 Å². The molecule has 0 saturated carbocycles. The standard InChI is InChI=1S/Ca.Cu.K.Mg.Na.6H. The Hall–Kier alpha value is 5.18. The van der Waals surface area contributed by atoms with Gasteiger partial charge in [-0.3, -0.25) is 0 Å². The Morgan fingerprint density at radius 2 is 1.00 bits per heavy atom. The zero-order valence-electron chi connectivity index (χ0n) is 0.302. The van der Waals surface area contributed by atoms with E-state index in [-0.39, 0.29) is 159 Å². The van der Waals surface area contributed by atoms with Gasteiger partial charge in [-0.25, -0.2) is 0 Å². The van der Waals surface area contributed by atoms with Crippen molar-refractivity contribution in [1.82, 2.24) is 0 Å².